The lowest BCUT2D eigenvalue weighted by atomic mass is 10.2. The number of hydrogen-bond donors (Lipinski definition) is 1. The number of aromatic nitrogens is 4. The van der Waals surface area contributed by atoms with Gasteiger partial charge in [0.1, 0.15) is 5.39 Å². The number of nitrogens with zero attached hydrogens (tertiary/aromatic N) is 4. The molecule has 5 rings (SSSR count). The first-order valence-corrected chi connectivity index (χ1v) is 12.3. The number of esters is 1. The van der Waals surface area contributed by atoms with Gasteiger partial charge in [-0.25, -0.2) is 14.5 Å². The zero-order chi connectivity index (χ0) is 24.5. The van der Waals surface area contributed by atoms with Crippen LogP contribution in [-0.4, -0.2) is 43.6 Å². The van der Waals surface area contributed by atoms with E-state index in [1.54, 1.807) is 64.7 Å². The molecule has 0 saturated heterocycles. The number of ether oxygens (including phenoxy) is 1. The second kappa shape index (κ2) is 9.55. The summed E-state index contributed by atoms with van der Waals surface area (Å²) in [5, 5.41) is 8.70. The zero-order valence-corrected chi connectivity index (χ0v) is 20.2. The van der Waals surface area contributed by atoms with Gasteiger partial charge in [-0.05, 0) is 55.5 Å². The number of fused-ring (bicyclic) bond motifs is 2. The van der Waals surface area contributed by atoms with E-state index in [-0.39, 0.29) is 23.9 Å². The molecule has 1 aliphatic heterocycles. The molecule has 0 bridgehead atoms. The minimum Gasteiger partial charge on any atom is -0.462 e. The molecule has 0 spiro atoms. The minimum atomic E-state index is -0.414. The summed E-state index contributed by atoms with van der Waals surface area (Å²) in [4.78, 5) is 42.5. The normalized spacial score (nSPS) is 14.6. The summed E-state index contributed by atoms with van der Waals surface area (Å²) >= 11 is 7.41. The highest BCUT2D eigenvalue weighted by atomic mass is 35.5. The molecule has 0 radical (unpaired) electrons. The number of nitrogens with one attached hydrogen (secondary N) is 1. The lowest BCUT2D eigenvalue weighted by Crippen LogP contribution is -2.27. The van der Waals surface area contributed by atoms with E-state index >= 15 is 0 Å². The van der Waals surface area contributed by atoms with Crippen molar-refractivity contribution in [3.05, 3.63) is 75.7 Å². The monoisotopic (exact) mass is 509 g/mol. The van der Waals surface area contributed by atoms with E-state index in [1.165, 1.54) is 18.0 Å². The highest BCUT2D eigenvalue weighted by Crippen LogP contribution is 2.33. The number of benzene rings is 2. The van der Waals surface area contributed by atoms with Crippen LogP contribution in [0.15, 0.2) is 64.7 Å². The average Bonchev–Trinajstić information content (AvgIpc) is 3.45. The van der Waals surface area contributed by atoms with E-state index in [4.69, 9.17) is 16.3 Å². The topological polar surface area (TPSA) is 108 Å². The van der Waals surface area contributed by atoms with E-state index in [0.717, 1.165) is 5.69 Å². The molecule has 1 amide bonds. The molecule has 0 aliphatic carbocycles. The van der Waals surface area contributed by atoms with Crippen LogP contribution >= 0.6 is 23.4 Å². The molecule has 0 fully saturated rings. The second-order valence-electron chi connectivity index (χ2n) is 7.85. The predicted molar refractivity (Wildman–Crippen MR) is 134 cm³/mol. The van der Waals surface area contributed by atoms with Gasteiger partial charge < -0.3 is 10.1 Å². The van der Waals surface area contributed by atoms with Gasteiger partial charge in [-0.2, -0.15) is 5.10 Å². The van der Waals surface area contributed by atoms with Crippen LogP contribution in [0.2, 0.25) is 5.02 Å². The predicted octanol–water partition coefficient (Wildman–Crippen LogP) is 4.09. The van der Waals surface area contributed by atoms with E-state index in [9.17, 15) is 14.4 Å². The van der Waals surface area contributed by atoms with Crippen molar-refractivity contribution in [2.24, 2.45) is 0 Å². The first-order valence-electron chi connectivity index (χ1n) is 10.9. The molecule has 1 N–H and O–H groups in total. The van der Waals surface area contributed by atoms with Gasteiger partial charge in [0.15, 0.2) is 10.8 Å². The van der Waals surface area contributed by atoms with Crippen molar-refractivity contribution in [2.45, 2.75) is 24.5 Å². The average molecular weight is 510 g/mol. The summed E-state index contributed by atoms with van der Waals surface area (Å²) in [5.74, 6) is -0.0999. The van der Waals surface area contributed by atoms with Crippen LogP contribution < -0.4 is 10.9 Å². The maximum absolute atomic E-state index is 13.3. The largest absolute Gasteiger partial charge is 0.462 e. The molecule has 1 unspecified atom stereocenters. The third-order valence-corrected chi connectivity index (χ3v) is 6.89. The second-order valence-corrected chi connectivity index (χ2v) is 9.28. The van der Waals surface area contributed by atoms with E-state index in [1.807, 2.05) is 0 Å². The number of amides is 1. The molecule has 3 heterocycles. The Morgan fingerprint density at radius 2 is 1.91 bits per heavy atom. The number of anilines is 1. The number of thioether (sulfide) groups is 1. The quantitative estimate of drug-likeness (QED) is 0.308. The van der Waals surface area contributed by atoms with Gasteiger partial charge in [0, 0.05) is 22.9 Å². The van der Waals surface area contributed by atoms with Gasteiger partial charge in [0.05, 0.1) is 30.1 Å². The van der Waals surface area contributed by atoms with Gasteiger partial charge in [-0.15, -0.1) is 0 Å². The molecule has 1 atom stereocenters. The standard InChI is InChI=1S/C24H20ClN5O4S/c1-2-34-23(33)14-3-7-16(8-4-14)27-20(31)11-18-13-35-24-28-21-19(22(32)29(18)24)12-26-30(21)17-9-5-15(25)6-10-17/h3-10,12,18H,2,11,13H2,1H3,(H,27,31). The van der Waals surface area contributed by atoms with Crippen LogP contribution in [0.25, 0.3) is 16.7 Å². The third kappa shape index (κ3) is 4.54. The molecule has 11 heteroatoms. The number of halogens is 1. The fourth-order valence-corrected chi connectivity index (χ4v) is 5.14. The summed E-state index contributed by atoms with van der Waals surface area (Å²) in [7, 11) is 0. The molecule has 178 valence electrons. The molecule has 2 aromatic heterocycles. The van der Waals surface area contributed by atoms with Crippen molar-refractivity contribution >= 4 is 52.0 Å². The van der Waals surface area contributed by atoms with Crippen LogP contribution in [0.4, 0.5) is 5.69 Å². The zero-order valence-electron chi connectivity index (χ0n) is 18.6. The summed E-state index contributed by atoms with van der Waals surface area (Å²) in [5.41, 5.74) is 1.94. The molecule has 9 nitrogen and oxygen atoms in total. The van der Waals surface area contributed by atoms with Crippen LogP contribution in [0.3, 0.4) is 0 Å². The number of rotatable bonds is 6. The Morgan fingerprint density at radius 3 is 2.63 bits per heavy atom. The van der Waals surface area contributed by atoms with Crippen LogP contribution in [0.1, 0.15) is 29.7 Å². The summed E-state index contributed by atoms with van der Waals surface area (Å²) in [6, 6.07) is 13.2. The van der Waals surface area contributed by atoms with Gasteiger partial charge in [-0.1, -0.05) is 23.4 Å². The van der Waals surface area contributed by atoms with Gasteiger partial charge in [0.25, 0.3) is 5.56 Å². The molecule has 4 aromatic rings. The molecular weight excluding hydrogens is 490 g/mol. The van der Waals surface area contributed by atoms with Crippen molar-refractivity contribution in [2.75, 3.05) is 17.7 Å². The fourth-order valence-electron chi connectivity index (χ4n) is 3.88. The van der Waals surface area contributed by atoms with Crippen molar-refractivity contribution in [3.63, 3.8) is 0 Å². The lowest BCUT2D eigenvalue weighted by Gasteiger charge is -2.13. The van der Waals surface area contributed by atoms with Crippen molar-refractivity contribution in [1.82, 2.24) is 19.3 Å². The first-order chi connectivity index (χ1) is 16.9. The Balaban J connectivity index is 1.34. The summed E-state index contributed by atoms with van der Waals surface area (Å²) in [6.07, 6.45) is 1.61. The molecule has 1 aliphatic rings. The van der Waals surface area contributed by atoms with E-state index in [0.29, 0.717) is 44.8 Å². The first kappa shape index (κ1) is 23.1. The number of carbonyl (C=O) groups is 2. The van der Waals surface area contributed by atoms with Crippen molar-refractivity contribution in [1.29, 1.82) is 0 Å². The van der Waals surface area contributed by atoms with Crippen LogP contribution in [-0.2, 0) is 9.53 Å². The molecular formula is C24H20ClN5O4S. The molecule has 2 aromatic carbocycles. The van der Waals surface area contributed by atoms with Gasteiger partial charge in [-0.3, -0.25) is 14.2 Å². The Bertz CT molecular complexity index is 1480. The van der Waals surface area contributed by atoms with E-state index < -0.39 is 5.97 Å². The van der Waals surface area contributed by atoms with Crippen molar-refractivity contribution < 1.29 is 14.3 Å². The third-order valence-electron chi connectivity index (χ3n) is 5.54. The maximum Gasteiger partial charge on any atom is 0.338 e. The van der Waals surface area contributed by atoms with Crippen molar-refractivity contribution in [3.8, 4) is 5.69 Å². The SMILES string of the molecule is CCOC(=O)c1ccc(NC(=O)CC2CSc3nc4c(cnn4-c4ccc(Cl)cc4)c(=O)n32)cc1. The highest BCUT2D eigenvalue weighted by molar-refractivity contribution is 7.99. The Kier molecular flexibility index (Phi) is 6.31. The van der Waals surface area contributed by atoms with E-state index in [2.05, 4.69) is 15.4 Å². The molecule has 0 saturated carbocycles. The summed E-state index contributed by atoms with van der Waals surface area (Å²) in [6.45, 7) is 2.03. The van der Waals surface area contributed by atoms with Gasteiger partial charge >= 0.3 is 5.97 Å². The van der Waals surface area contributed by atoms with Gasteiger partial charge in [0.2, 0.25) is 5.91 Å². The Labute approximate surface area is 209 Å². The Morgan fingerprint density at radius 1 is 1.17 bits per heavy atom. The number of hydrogen-bond acceptors (Lipinski definition) is 7. The highest BCUT2D eigenvalue weighted by Gasteiger charge is 2.29. The minimum absolute atomic E-state index is 0.109. The smallest absolute Gasteiger partial charge is 0.338 e. The summed E-state index contributed by atoms with van der Waals surface area (Å²) < 4.78 is 8.15. The fraction of sp³-hybridized carbons (Fsp3) is 0.208. The molecule has 35 heavy (non-hydrogen) atoms. The maximum atomic E-state index is 13.3. The lowest BCUT2D eigenvalue weighted by molar-refractivity contribution is -0.116. The van der Waals surface area contributed by atoms with Crippen LogP contribution in [0, 0.1) is 0 Å². The van der Waals surface area contributed by atoms with Crippen LogP contribution in [0.5, 0.6) is 0 Å². The Hall–Kier alpha value is -3.63. The number of carbonyl (C=O) groups excluding carboxylic acids is 2.